The minimum Gasteiger partial charge on any atom is -0.355 e. The molecule has 7 nitrogen and oxygen atoms in total. The quantitative estimate of drug-likeness (QED) is 0.673. The Hall–Kier alpha value is -2.26. The SMILES string of the molecule is CS(=O)(=O)c1ccc(C[C@@H]2CCN(C3CCN(c4cnc(Cl)cn4)CC3)C2=O)c(F)c1. The lowest BCUT2D eigenvalue weighted by Gasteiger charge is -2.37. The summed E-state index contributed by atoms with van der Waals surface area (Å²) in [6, 6.07) is 4.08. The Kier molecular flexibility index (Phi) is 6.16. The highest BCUT2D eigenvalue weighted by atomic mass is 35.5. The summed E-state index contributed by atoms with van der Waals surface area (Å²) in [6.07, 6.45) is 6.85. The van der Waals surface area contributed by atoms with Crippen LogP contribution in [0.2, 0.25) is 5.15 Å². The van der Waals surface area contributed by atoms with Crippen molar-refractivity contribution in [1.82, 2.24) is 14.9 Å². The first-order valence-corrected chi connectivity index (χ1v) is 12.5. The molecule has 2 saturated heterocycles. The van der Waals surface area contributed by atoms with Gasteiger partial charge in [-0.1, -0.05) is 17.7 Å². The minimum absolute atomic E-state index is 0.0507. The summed E-state index contributed by atoms with van der Waals surface area (Å²) in [5.74, 6) is -0.0249. The smallest absolute Gasteiger partial charge is 0.226 e. The first-order valence-electron chi connectivity index (χ1n) is 10.2. The van der Waals surface area contributed by atoms with Gasteiger partial charge in [0.05, 0.1) is 17.3 Å². The van der Waals surface area contributed by atoms with Crippen LogP contribution in [0.25, 0.3) is 0 Å². The van der Waals surface area contributed by atoms with Crippen LogP contribution in [0.1, 0.15) is 24.8 Å². The van der Waals surface area contributed by atoms with Gasteiger partial charge in [0.1, 0.15) is 16.8 Å². The van der Waals surface area contributed by atoms with Crippen molar-refractivity contribution in [2.75, 3.05) is 30.8 Å². The standard InChI is InChI=1S/C21H24ClFN4O3S/c1-31(29,30)17-3-2-14(18(23)11-17)10-15-4-9-27(21(15)28)16-5-7-26(8-6-16)20-13-24-19(22)12-25-20/h2-3,11-13,15-16H,4-10H2,1H3/t15-/m0/s1. The molecule has 1 amide bonds. The molecule has 2 fully saturated rings. The monoisotopic (exact) mass is 466 g/mol. The molecule has 0 spiro atoms. The summed E-state index contributed by atoms with van der Waals surface area (Å²) in [6.45, 7) is 2.21. The second kappa shape index (κ2) is 8.70. The number of benzene rings is 1. The number of hydrogen-bond acceptors (Lipinski definition) is 6. The number of anilines is 1. The molecule has 1 aromatic heterocycles. The van der Waals surface area contributed by atoms with E-state index in [1.807, 2.05) is 4.90 Å². The zero-order valence-corrected chi connectivity index (χ0v) is 18.7. The molecule has 3 heterocycles. The van der Waals surface area contributed by atoms with Crippen LogP contribution in [0.15, 0.2) is 35.5 Å². The third-order valence-electron chi connectivity index (χ3n) is 6.11. The number of rotatable bonds is 5. The van der Waals surface area contributed by atoms with E-state index in [2.05, 4.69) is 14.9 Å². The lowest BCUT2D eigenvalue weighted by molar-refractivity contribution is -0.133. The van der Waals surface area contributed by atoms with E-state index in [0.717, 1.165) is 44.1 Å². The summed E-state index contributed by atoms with van der Waals surface area (Å²) >= 11 is 5.80. The van der Waals surface area contributed by atoms with Gasteiger partial charge in [0, 0.05) is 37.8 Å². The lowest BCUT2D eigenvalue weighted by atomic mass is 9.97. The van der Waals surface area contributed by atoms with E-state index >= 15 is 0 Å². The molecular weight excluding hydrogens is 443 g/mol. The van der Waals surface area contributed by atoms with Crippen molar-refractivity contribution in [2.24, 2.45) is 5.92 Å². The number of aromatic nitrogens is 2. The van der Waals surface area contributed by atoms with Crippen LogP contribution in [0.3, 0.4) is 0 Å². The van der Waals surface area contributed by atoms with Crippen LogP contribution in [0, 0.1) is 11.7 Å². The van der Waals surface area contributed by atoms with Crippen molar-refractivity contribution >= 4 is 33.2 Å². The molecule has 2 aliphatic heterocycles. The zero-order chi connectivity index (χ0) is 22.2. The van der Waals surface area contributed by atoms with Gasteiger partial charge >= 0.3 is 0 Å². The molecule has 4 rings (SSSR count). The van der Waals surface area contributed by atoms with E-state index in [0.29, 0.717) is 23.7 Å². The van der Waals surface area contributed by atoms with Crippen LogP contribution in [-0.2, 0) is 21.1 Å². The Labute approximate surface area is 186 Å². The van der Waals surface area contributed by atoms with Crippen LogP contribution < -0.4 is 4.90 Å². The molecule has 31 heavy (non-hydrogen) atoms. The Balaban J connectivity index is 1.36. The van der Waals surface area contributed by atoms with E-state index in [1.165, 1.54) is 18.3 Å². The number of sulfone groups is 1. The molecule has 10 heteroatoms. The molecule has 0 bridgehead atoms. The van der Waals surface area contributed by atoms with Crippen molar-refractivity contribution in [2.45, 2.75) is 36.6 Å². The molecule has 0 saturated carbocycles. The third kappa shape index (κ3) is 4.82. The van der Waals surface area contributed by atoms with Gasteiger partial charge < -0.3 is 9.80 Å². The maximum absolute atomic E-state index is 14.4. The van der Waals surface area contributed by atoms with E-state index in [9.17, 15) is 17.6 Å². The number of likely N-dealkylation sites (tertiary alicyclic amines) is 1. The van der Waals surface area contributed by atoms with Gasteiger partial charge in [0.2, 0.25) is 5.91 Å². The number of hydrogen-bond donors (Lipinski definition) is 0. The Bertz CT molecular complexity index is 1070. The van der Waals surface area contributed by atoms with E-state index in [1.54, 1.807) is 6.20 Å². The van der Waals surface area contributed by atoms with Crippen molar-refractivity contribution in [3.63, 3.8) is 0 Å². The summed E-state index contributed by atoms with van der Waals surface area (Å²) in [5, 5.41) is 0.356. The fourth-order valence-corrected chi connectivity index (χ4v) is 5.11. The fourth-order valence-electron chi connectivity index (χ4n) is 4.38. The highest BCUT2D eigenvalue weighted by Gasteiger charge is 2.37. The number of piperidine rings is 1. The predicted molar refractivity (Wildman–Crippen MR) is 115 cm³/mol. The molecule has 166 valence electrons. The first-order chi connectivity index (χ1) is 14.7. The van der Waals surface area contributed by atoms with E-state index < -0.39 is 15.7 Å². The molecule has 0 unspecified atom stereocenters. The van der Waals surface area contributed by atoms with E-state index in [-0.39, 0.29) is 29.2 Å². The molecule has 0 N–H and O–H groups in total. The maximum Gasteiger partial charge on any atom is 0.226 e. The number of carbonyl (C=O) groups is 1. The normalized spacial score (nSPS) is 20.5. The molecule has 1 atom stereocenters. The topological polar surface area (TPSA) is 83.5 Å². The number of carbonyl (C=O) groups excluding carboxylic acids is 1. The van der Waals surface area contributed by atoms with Crippen molar-refractivity contribution in [1.29, 1.82) is 0 Å². The van der Waals surface area contributed by atoms with Crippen molar-refractivity contribution in [3.8, 4) is 0 Å². The second-order valence-electron chi connectivity index (χ2n) is 8.16. The fraction of sp³-hybridized carbons (Fsp3) is 0.476. The van der Waals surface area contributed by atoms with Crippen LogP contribution >= 0.6 is 11.6 Å². The maximum atomic E-state index is 14.4. The molecule has 2 aromatic rings. The average Bonchev–Trinajstić information content (AvgIpc) is 3.10. The van der Waals surface area contributed by atoms with Gasteiger partial charge in [-0.2, -0.15) is 0 Å². The van der Waals surface area contributed by atoms with E-state index in [4.69, 9.17) is 11.6 Å². The predicted octanol–water partition coefficient (Wildman–Crippen LogP) is 2.73. The van der Waals surface area contributed by atoms with Gasteiger partial charge in [-0.3, -0.25) is 4.79 Å². The van der Waals surface area contributed by atoms with Crippen LogP contribution in [0.4, 0.5) is 10.2 Å². The lowest BCUT2D eigenvalue weighted by Crippen LogP contribution is -2.46. The van der Waals surface area contributed by atoms with Gasteiger partial charge in [0.25, 0.3) is 0 Å². The molecule has 2 aliphatic rings. The minimum atomic E-state index is -3.46. The number of amides is 1. The summed E-state index contributed by atoms with van der Waals surface area (Å²) in [4.78, 5) is 25.4. The third-order valence-corrected chi connectivity index (χ3v) is 7.41. The van der Waals surface area contributed by atoms with Gasteiger partial charge in [-0.25, -0.2) is 22.8 Å². The summed E-state index contributed by atoms with van der Waals surface area (Å²) in [7, 11) is -3.46. The zero-order valence-electron chi connectivity index (χ0n) is 17.2. The van der Waals surface area contributed by atoms with Gasteiger partial charge in [0.15, 0.2) is 9.84 Å². The second-order valence-corrected chi connectivity index (χ2v) is 10.6. The highest BCUT2D eigenvalue weighted by Crippen LogP contribution is 2.30. The Morgan fingerprint density at radius 1 is 1.13 bits per heavy atom. The highest BCUT2D eigenvalue weighted by molar-refractivity contribution is 7.90. The Morgan fingerprint density at radius 2 is 1.87 bits per heavy atom. The number of nitrogens with zero attached hydrogens (tertiary/aromatic N) is 4. The van der Waals surface area contributed by atoms with Gasteiger partial charge in [-0.15, -0.1) is 0 Å². The largest absolute Gasteiger partial charge is 0.355 e. The van der Waals surface area contributed by atoms with Crippen molar-refractivity contribution in [3.05, 3.63) is 47.1 Å². The molecule has 0 radical (unpaired) electrons. The first kappa shape index (κ1) is 22.0. The molecule has 0 aliphatic carbocycles. The number of halogens is 2. The van der Waals surface area contributed by atoms with Gasteiger partial charge in [-0.05, 0) is 43.4 Å². The Morgan fingerprint density at radius 3 is 2.48 bits per heavy atom. The summed E-state index contributed by atoms with van der Waals surface area (Å²) < 4.78 is 37.6. The molecule has 1 aromatic carbocycles. The van der Waals surface area contributed by atoms with Crippen LogP contribution in [0.5, 0.6) is 0 Å². The average molecular weight is 467 g/mol. The van der Waals surface area contributed by atoms with Crippen LogP contribution in [-0.4, -0.2) is 61.1 Å². The molecular formula is C21H24ClFN4O3S. The van der Waals surface area contributed by atoms with Crippen molar-refractivity contribution < 1.29 is 17.6 Å². The summed E-state index contributed by atoms with van der Waals surface area (Å²) in [5.41, 5.74) is 0.378.